The van der Waals surface area contributed by atoms with Gasteiger partial charge in [0, 0.05) is 35.6 Å². The number of fused-ring (bicyclic) bond motifs is 2. The normalized spacial score (nSPS) is 11.7. The molecular formula is C19H25ClN4. The van der Waals surface area contributed by atoms with E-state index >= 15 is 0 Å². The molecule has 0 amide bonds. The van der Waals surface area contributed by atoms with Gasteiger partial charge in [0.1, 0.15) is 0 Å². The van der Waals surface area contributed by atoms with Crippen LogP contribution in [0.1, 0.15) is 12.5 Å². The van der Waals surface area contributed by atoms with Crippen molar-refractivity contribution in [3.63, 3.8) is 0 Å². The molecule has 0 radical (unpaired) electrons. The molecule has 1 heterocycles. The number of nitrogens with one attached hydrogen (secondary N) is 2. The second-order valence-corrected chi connectivity index (χ2v) is 6.07. The lowest BCUT2D eigenvalue weighted by molar-refractivity contribution is 0.354. The van der Waals surface area contributed by atoms with Gasteiger partial charge in [0.2, 0.25) is 0 Å². The Morgan fingerprint density at radius 2 is 1.96 bits per heavy atom. The van der Waals surface area contributed by atoms with Crippen molar-refractivity contribution >= 4 is 34.9 Å². The summed E-state index contributed by atoms with van der Waals surface area (Å²) in [5, 5.41) is 7.14. The lowest BCUT2D eigenvalue weighted by atomic mass is 10.2. The van der Waals surface area contributed by atoms with Gasteiger partial charge in [-0.3, -0.25) is 4.99 Å². The summed E-state index contributed by atoms with van der Waals surface area (Å²) < 4.78 is 0. The number of likely N-dealkylation sites (N-methyl/N-ethyl adjacent to an activating group) is 2. The molecule has 2 aromatic carbocycles. The topological polar surface area (TPSA) is 39.7 Å². The van der Waals surface area contributed by atoms with Crippen molar-refractivity contribution in [2.45, 2.75) is 6.92 Å². The van der Waals surface area contributed by atoms with Crippen LogP contribution >= 0.6 is 11.6 Å². The number of benzene rings is 2. The molecule has 3 rings (SSSR count). The zero-order valence-corrected chi connectivity index (χ0v) is 15.3. The molecule has 0 unspecified atom stereocenters. The van der Waals surface area contributed by atoms with Crippen LogP contribution in [0.15, 0.2) is 47.5 Å². The average molecular weight is 345 g/mol. The van der Waals surface area contributed by atoms with Crippen LogP contribution in [0, 0.1) is 0 Å². The molecule has 0 saturated heterocycles. The molecule has 0 atom stereocenters. The first-order valence-electron chi connectivity index (χ1n) is 8.17. The first-order valence-corrected chi connectivity index (χ1v) is 8.54. The number of hydrogen-bond donors (Lipinski definition) is 2. The first-order chi connectivity index (χ1) is 11.6. The fraction of sp³-hybridized carbons (Fsp3) is 0.316. The zero-order valence-electron chi connectivity index (χ0n) is 14.5. The molecular weight excluding hydrogens is 320 g/mol. The fourth-order valence-corrected chi connectivity index (χ4v) is 2.35. The third-order valence-electron chi connectivity index (χ3n) is 3.82. The predicted molar refractivity (Wildman–Crippen MR) is 106 cm³/mol. The summed E-state index contributed by atoms with van der Waals surface area (Å²) in [7, 11) is 4.10. The number of aliphatic imine (C=N–C) groups is 1. The molecule has 0 fully saturated rings. The second-order valence-electron chi connectivity index (χ2n) is 5.63. The number of rotatable bonds is 4. The van der Waals surface area contributed by atoms with Crippen molar-refractivity contribution in [2.75, 3.05) is 39.0 Å². The van der Waals surface area contributed by atoms with Crippen LogP contribution in [0.2, 0.25) is 5.02 Å². The molecule has 24 heavy (non-hydrogen) atoms. The fourth-order valence-electron chi connectivity index (χ4n) is 2.19. The Morgan fingerprint density at radius 3 is 2.71 bits per heavy atom. The third-order valence-corrected chi connectivity index (χ3v) is 4.05. The van der Waals surface area contributed by atoms with E-state index in [1.165, 1.54) is 0 Å². The molecule has 0 saturated carbocycles. The van der Waals surface area contributed by atoms with Crippen molar-refractivity contribution in [3.8, 4) is 0 Å². The molecule has 2 N–H and O–H groups in total. The van der Waals surface area contributed by atoms with Crippen molar-refractivity contribution in [2.24, 2.45) is 4.99 Å². The van der Waals surface area contributed by atoms with Crippen LogP contribution in [0.3, 0.4) is 0 Å². The predicted octanol–water partition coefficient (Wildman–Crippen LogP) is 4.31. The average Bonchev–Trinajstić information content (AvgIpc) is 2.79. The van der Waals surface area contributed by atoms with E-state index < -0.39 is 0 Å². The van der Waals surface area contributed by atoms with Gasteiger partial charge in [-0.25, -0.2) is 0 Å². The van der Waals surface area contributed by atoms with E-state index in [-0.39, 0.29) is 0 Å². The zero-order chi connectivity index (χ0) is 17.4. The summed E-state index contributed by atoms with van der Waals surface area (Å²) in [5.41, 5.74) is 3.98. The molecule has 128 valence electrons. The van der Waals surface area contributed by atoms with E-state index in [9.17, 15) is 0 Å². The maximum Gasteiger partial charge on any atom is 0.0879 e. The van der Waals surface area contributed by atoms with Crippen molar-refractivity contribution in [1.82, 2.24) is 10.2 Å². The molecule has 5 heteroatoms. The maximum atomic E-state index is 5.94. The lowest BCUT2D eigenvalue weighted by Crippen LogP contribution is -2.26. The Labute approximate surface area is 149 Å². The Hall–Kier alpha value is -1.88. The maximum absolute atomic E-state index is 5.94. The molecule has 1 aliphatic heterocycles. The van der Waals surface area contributed by atoms with Crippen molar-refractivity contribution < 1.29 is 0 Å². The Balaban J connectivity index is 0.000000224. The first kappa shape index (κ1) is 18.5. The molecule has 2 aromatic rings. The van der Waals surface area contributed by atoms with Crippen LogP contribution < -0.4 is 10.6 Å². The summed E-state index contributed by atoms with van der Waals surface area (Å²) in [5.74, 6) is 0. The minimum Gasteiger partial charge on any atom is -0.353 e. The number of hydrogen-bond acceptors (Lipinski definition) is 4. The smallest absolute Gasteiger partial charge is 0.0879 e. The van der Waals surface area contributed by atoms with E-state index in [0.29, 0.717) is 5.02 Å². The second kappa shape index (κ2) is 9.42. The van der Waals surface area contributed by atoms with E-state index in [1.54, 1.807) is 0 Å². The molecule has 4 nitrogen and oxygen atoms in total. The Morgan fingerprint density at radius 1 is 1.17 bits per heavy atom. The van der Waals surface area contributed by atoms with E-state index in [2.05, 4.69) is 34.5 Å². The summed E-state index contributed by atoms with van der Waals surface area (Å²) >= 11 is 5.94. The van der Waals surface area contributed by atoms with Gasteiger partial charge in [0.25, 0.3) is 0 Å². The van der Waals surface area contributed by atoms with Crippen molar-refractivity contribution in [1.29, 1.82) is 0 Å². The SMILES string of the molecule is CCN(C)CCNC.Clc1ccc2c(c1)N=Cc1ccccc1N2. The highest BCUT2D eigenvalue weighted by Crippen LogP contribution is 2.33. The van der Waals surface area contributed by atoms with Gasteiger partial charge in [0.15, 0.2) is 0 Å². The summed E-state index contributed by atoms with van der Waals surface area (Å²) in [6, 6.07) is 13.7. The highest BCUT2D eigenvalue weighted by molar-refractivity contribution is 6.31. The number of para-hydroxylation sites is 1. The van der Waals surface area contributed by atoms with Crippen LogP contribution in [0.4, 0.5) is 17.1 Å². The van der Waals surface area contributed by atoms with Gasteiger partial charge in [-0.2, -0.15) is 0 Å². The molecule has 0 bridgehead atoms. The molecule has 0 aromatic heterocycles. The highest BCUT2D eigenvalue weighted by Gasteiger charge is 2.08. The minimum absolute atomic E-state index is 0.698. The van der Waals surface area contributed by atoms with Crippen LogP contribution in [-0.4, -0.2) is 44.8 Å². The largest absolute Gasteiger partial charge is 0.353 e. The molecule has 0 aliphatic carbocycles. The minimum atomic E-state index is 0.698. The lowest BCUT2D eigenvalue weighted by Gasteiger charge is -2.11. The summed E-state index contributed by atoms with van der Waals surface area (Å²) in [4.78, 5) is 6.69. The van der Waals surface area contributed by atoms with Crippen LogP contribution in [0.25, 0.3) is 0 Å². The van der Waals surface area contributed by atoms with E-state index in [4.69, 9.17) is 11.6 Å². The third kappa shape index (κ3) is 5.34. The molecule has 0 spiro atoms. The van der Waals surface area contributed by atoms with Gasteiger partial charge >= 0.3 is 0 Å². The van der Waals surface area contributed by atoms with Gasteiger partial charge in [0.05, 0.1) is 11.4 Å². The Bertz CT molecular complexity index is 685. The van der Waals surface area contributed by atoms with Gasteiger partial charge in [-0.05, 0) is 44.9 Å². The van der Waals surface area contributed by atoms with Crippen LogP contribution in [-0.2, 0) is 0 Å². The Kier molecular flexibility index (Phi) is 7.25. The quantitative estimate of drug-likeness (QED) is 0.741. The monoisotopic (exact) mass is 344 g/mol. The van der Waals surface area contributed by atoms with Gasteiger partial charge < -0.3 is 15.5 Å². The van der Waals surface area contributed by atoms with Crippen molar-refractivity contribution in [3.05, 3.63) is 53.1 Å². The van der Waals surface area contributed by atoms with E-state index in [0.717, 1.165) is 42.3 Å². The molecule has 1 aliphatic rings. The van der Waals surface area contributed by atoms with Gasteiger partial charge in [-0.1, -0.05) is 36.7 Å². The summed E-state index contributed by atoms with van der Waals surface area (Å²) in [6.07, 6.45) is 1.85. The number of halogens is 1. The number of anilines is 2. The van der Waals surface area contributed by atoms with Gasteiger partial charge in [-0.15, -0.1) is 0 Å². The van der Waals surface area contributed by atoms with E-state index in [1.807, 2.05) is 55.7 Å². The summed E-state index contributed by atoms with van der Waals surface area (Å²) in [6.45, 7) is 5.54. The number of nitrogens with zero attached hydrogens (tertiary/aromatic N) is 2. The standard InChI is InChI=1S/C13H9ClN2.C6H16N2/c14-10-5-6-12-13(7-10)15-8-9-3-1-2-4-11(9)16-12;1-4-8(3)6-5-7-2/h1-8,16H;7H,4-6H2,1-3H3. The highest BCUT2D eigenvalue weighted by atomic mass is 35.5. The van der Waals surface area contributed by atoms with Crippen LogP contribution in [0.5, 0.6) is 0 Å².